The average Bonchev–Trinajstić information content (AvgIpc) is 3.22. The van der Waals surface area contributed by atoms with Crippen LogP contribution in [0.3, 0.4) is 0 Å². The van der Waals surface area contributed by atoms with Crippen molar-refractivity contribution < 1.29 is 9.53 Å². The summed E-state index contributed by atoms with van der Waals surface area (Å²) in [7, 11) is 1.65. The molecule has 1 aliphatic rings. The highest BCUT2D eigenvalue weighted by atomic mass is 35.5. The maximum atomic E-state index is 12.6. The molecule has 0 aliphatic carbocycles. The van der Waals surface area contributed by atoms with Gasteiger partial charge in [0.05, 0.1) is 24.8 Å². The first kappa shape index (κ1) is 20.8. The zero-order valence-corrected chi connectivity index (χ0v) is 18.5. The van der Waals surface area contributed by atoms with Crippen LogP contribution in [0.5, 0.6) is 5.75 Å². The molecular formula is C23H24ClN3O2S. The molecule has 0 unspecified atom stereocenters. The van der Waals surface area contributed by atoms with Crippen LogP contribution in [0.2, 0.25) is 5.02 Å². The molecule has 0 spiro atoms. The fourth-order valence-corrected chi connectivity index (χ4v) is 4.62. The number of ether oxygens (including phenoxy) is 1. The molecule has 1 saturated heterocycles. The molecule has 30 heavy (non-hydrogen) atoms. The van der Waals surface area contributed by atoms with Gasteiger partial charge < -0.3 is 9.64 Å². The minimum absolute atomic E-state index is 0.177. The normalized spacial score (nSPS) is 14.0. The van der Waals surface area contributed by atoms with Gasteiger partial charge in [0.1, 0.15) is 5.75 Å². The first-order valence-electron chi connectivity index (χ1n) is 10.0. The Hall–Kier alpha value is -2.44. The zero-order chi connectivity index (χ0) is 20.9. The third kappa shape index (κ3) is 4.65. The van der Waals surface area contributed by atoms with Crippen LogP contribution in [0.25, 0.3) is 16.9 Å². The number of carbonyl (C=O) groups is 1. The molecule has 2 aromatic carbocycles. The fraction of sp³-hybridized carbons (Fsp3) is 0.304. The predicted octanol–water partition coefficient (Wildman–Crippen LogP) is 5.31. The molecule has 7 heteroatoms. The second-order valence-electron chi connectivity index (χ2n) is 7.20. The van der Waals surface area contributed by atoms with Crippen LogP contribution in [0.1, 0.15) is 19.3 Å². The van der Waals surface area contributed by atoms with E-state index >= 15 is 0 Å². The van der Waals surface area contributed by atoms with E-state index in [4.69, 9.17) is 16.3 Å². The molecule has 0 saturated carbocycles. The zero-order valence-electron chi connectivity index (χ0n) is 16.9. The number of thioether (sulfide) groups is 1. The van der Waals surface area contributed by atoms with E-state index in [1.165, 1.54) is 18.2 Å². The van der Waals surface area contributed by atoms with Crippen LogP contribution in [0, 0.1) is 0 Å². The van der Waals surface area contributed by atoms with Crippen LogP contribution in [0.4, 0.5) is 0 Å². The summed E-state index contributed by atoms with van der Waals surface area (Å²) >= 11 is 7.57. The van der Waals surface area contributed by atoms with E-state index in [-0.39, 0.29) is 5.91 Å². The molecule has 156 valence electrons. The third-order valence-corrected chi connectivity index (χ3v) is 6.42. The van der Waals surface area contributed by atoms with Crippen LogP contribution in [0.15, 0.2) is 59.9 Å². The second kappa shape index (κ2) is 9.58. The van der Waals surface area contributed by atoms with E-state index in [1.54, 1.807) is 7.11 Å². The molecule has 1 fully saturated rings. The summed E-state index contributed by atoms with van der Waals surface area (Å²) in [5.74, 6) is 1.36. The maximum Gasteiger partial charge on any atom is 0.233 e. The Morgan fingerprint density at radius 2 is 1.77 bits per heavy atom. The topological polar surface area (TPSA) is 47.4 Å². The number of rotatable bonds is 6. The highest BCUT2D eigenvalue weighted by Gasteiger charge is 2.19. The summed E-state index contributed by atoms with van der Waals surface area (Å²) < 4.78 is 7.35. The highest BCUT2D eigenvalue weighted by molar-refractivity contribution is 7.99. The molecule has 0 atom stereocenters. The van der Waals surface area contributed by atoms with Crippen molar-refractivity contribution in [2.24, 2.45) is 0 Å². The summed E-state index contributed by atoms with van der Waals surface area (Å²) in [5, 5.41) is 1.47. The SMILES string of the molecule is COc1ccc(-c2cnc(SCC(=O)N3CCCCC3)n2-c2ccc(Cl)cc2)cc1. The Morgan fingerprint density at radius 1 is 1.07 bits per heavy atom. The number of imidazole rings is 1. The number of benzene rings is 2. The minimum atomic E-state index is 0.177. The average molecular weight is 442 g/mol. The quantitative estimate of drug-likeness (QED) is 0.486. The van der Waals surface area contributed by atoms with Gasteiger partial charge in [0.25, 0.3) is 0 Å². The largest absolute Gasteiger partial charge is 0.497 e. The lowest BCUT2D eigenvalue weighted by atomic mass is 10.1. The summed E-state index contributed by atoms with van der Waals surface area (Å²) in [6.07, 6.45) is 5.25. The number of halogens is 1. The van der Waals surface area contributed by atoms with Crippen molar-refractivity contribution in [1.29, 1.82) is 0 Å². The van der Waals surface area contributed by atoms with Crippen molar-refractivity contribution in [3.63, 3.8) is 0 Å². The molecule has 3 aromatic rings. The highest BCUT2D eigenvalue weighted by Crippen LogP contribution is 2.31. The van der Waals surface area contributed by atoms with E-state index in [0.29, 0.717) is 10.8 Å². The standard InChI is InChI=1S/C23H24ClN3O2S/c1-29-20-11-5-17(6-12-20)21-15-25-23(27(21)19-9-7-18(24)8-10-19)30-16-22(28)26-13-3-2-4-14-26/h5-12,15H,2-4,13-14,16H2,1H3. The number of amides is 1. The van der Waals surface area contributed by atoms with Crippen molar-refractivity contribution >= 4 is 29.3 Å². The fourth-order valence-electron chi connectivity index (χ4n) is 3.60. The lowest BCUT2D eigenvalue weighted by Gasteiger charge is -2.26. The Bertz CT molecular complexity index is 996. The van der Waals surface area contributed by atoms with Crippen LogP contribution < -0.4 is 4.74 Å². The Morgan fingerprint density at radius 3 is 2.43 bits per heavy atom. The van der Waals surface area contributed by atoms with Gasteiger partial charge in [-0.15, -0.1) is 0 Å². The molecule has 4 rings (SSSR count). The monoisotopic (exact) mass is 441 g/mol. The summed E-state index contributed by atoms with van der Waals surface area (Å²) in [5.41, 5.74) is 2.93. The molecule has 1 amide bonds. The third-order valence-electron chi connectivity index (χ3n) is 5.23. The lowest BCUT2D eigenvalue weighted by molar-refractivity contribution is -0.129. The number of aromatic nitrogens is 2. The Balaban J connectivity index is 1.63. The van der Waals surface area contributed by atoms with E-state index in [0.717, 1.165) is 53.8 Å². The first-order valence-corrected chi connectivity index (χ1v) is 11.4. The van der Waals surface area contributed by atoms with Gasteiger partial charge >= 0.3 is 0 Å². The van der Waals surface area contributed by atoms with Gasteiger partial charge in [0, 0.05) is 29.4 Å². The van der Waals surface area contributed by atoms with Gasteiger partial charge in [0.15, 0.2) is 5.16 Å². The number of piperidine rings is 1. The number of likely N-dealkylation sites (tertiary alicyclic amines) is 1. The molecule has 1 aliphatic heterocycles. The molecule has 5 nitrogen and oxygen atoms in total. The maximum absolute atomic E-state index is 12.6. The van der Waals surface area contributed by atoms with Gasteiger partial charge in [-0.1, -0.05) is 23.4 Å². The Labute approximate surface area is 186 Å². The first-order chi connectivity index (χ1) is 14.7. The van der Waals surface area contributed by atoms with Crippen molar-refractivity contribution in [3.8, 4) is 22.7 Å². The number of nitrogens with zero attached hydrogens (tertiary/aromatic N) is 3. The molecule has 1 aromatic heterocycles. The van der Waals surface area contributed by atoms with E-state index in [1.807, 2.05) is 59.6 Å². The number of hydrogen-bond acceptors (Lipinski definition) is 4. The van der Waals surface area contributed by atoms with Gasteiger partial charge in [0.2, 0.25) is 5.91 Å². The van der Waals surface area contributed by atoms with Crippen LogP contribution in [-0.2, 0) is 4.79 Å². The van der Waals surface area contributed by atoms with Gasteiger partial charge in [-0.2, -0.15) is 0 Å². The predicted molar refractivity (Wildman–Crippen MR) is 122 cm³/mol. The van der Waals surface area contributed by atoms with E-state index < -0.39 is 0 Å². The summed E-state index contributed by atoms with van der Waals surface area (Å²) in [4.78, 5) is 19.3. The second-order valence-corrected chi connectivity index (χ2v) is 8.58. The number of methoxy groups -OCH3 is 1. The van der Waals surface area contributed by atoms with E-state index in [9.17, 15) is 4.79 Å². The van der Waals surface area contributed by atoms with Crippen molar-refractivity contribution in [1.82, 2.24) is 14.5 Å². The van der Waals surface area contributed by atoms with Crippen molar-refractivity contribution in [2.45, 2.75) is 24.4 Å². The van der Waals surface area contributed by atoms with Crippen molar-refractivity contribution in [2.75, 3.05) is 26.0 Å². The van der Waals surface area contributed by atoms with Crippen LogP contribution >= 0.6 is 23.4 Å². The van der Waals surface area contributed by atoms with Gasteiger partial charge in [-0.25, -0.2) is 4.98 Å². The Kier molecular flexibility index (Phi) is 6.65. The molecule has 0 bridgehead atoms. The van der Waals surface area contributed by atoms with Crippen molar-refractivity contribution in [3.05, 3.63) is 59.8 Å². The smallest absolute Gasteiger partial charge is 0.233 e. The van der Waals surface area contributed by atoms with Gasteiger partial charge in [-0.3, -0.25) is 9.36 Å². The van der Waals surface area contributed by atoms with Gasteiger partial charge in [-0.05, 0) is 67.8 Å². The summed E-state index contributed by atoms with van der Waals surface area (Å²) in [6.45, 7) is 1.73. The lowest BCUT2D eigenvalue weighted by Crippen LogP contribution is -2.36. The van der Waals surface area contributed by atoms with Crippen LogP contribution in [-0.4, -0.2) is 46.3 Å². The molecular weight excluding hydrogens is 418 g/mol. The molecule has 0 N–H and O–H groups in total. The molecule has 0 radical (unpaired) electrons. The number of hydrogen-bond donors (Lipinski definition) is 0. The molecule has 2 heterocycles. The number of carbonyl (C=O) groups excluding carboxylic acids is 1. The summed E-state index contributed by atoms with van der Waals surface area (Å²) in [6, 6.07) is 15.5. The minimum Gasteiger partial charge on any atom is -0.497 e. The van der Waals surface area contributed by atoms with E-state index in [2.05, 4.69) is 9.55 Å².